The van der Waals surface area contributed by atoms with Crippen molar-refractivity contribution < 1.29 is 13.2 Å². The van der Waals surface area contributed by atoms with Crippen molar-refractivity contribution in [1.29, 1.82) is 0 Å². The van der Waals surface area contributed by atoms with Gasteiger partial charge in [-0.2, -0.15) is 18.3 Å². The summed E-state index contributed by atoms with van der Waals surface area (Å²) in [7, 11) is 0. The second-order valence-electron chi connectivity index (χ2n) is 3.98. The van der Waals surface area contributed by atoms with Gasteiger partial charge in [-0.15, -0.1) is 0 Å². The minimum absolute atomic E-state index is 0.163. The maximum Gasteiger partial charge on any atom is 0.416 e. The monoisotopic (exact) mass is 289 g/mol. The van der Waals surface area contributed by atoms with Gasteiger partial charge in [0, 0.05) is 6.20 Å². The van der Waals surface area contributed by atoms with Crippen molar-refractivity contribution in [3.8, 4) is 5.69 Å². The van der Waals surface area contributed by atoms with Gasteiger partial charge in [0.25, 0.3) is 0 Å². The number of halogens is 4. The molecule has 2 N–H and O–H groups in total. The number of rotatable bonds is 3. The van der Waals surface area contributed by atoms with Gasteiger partial charge in [0.2, 0.25) is 0 Å². The highest BCUT2D eigenvalue weighted by molar-refractivity contribution is 6.30. The first-order valence-corrected chi connectivity index (χ1v) is 5.90. The first-order valence-electron chi connectivity index (χ1n) is 5.52. The smallest absolute Gasteiger partial charge is 0.330 e. The molecule has 0 aliphatic rings. The fourth-order valence-electron chi connectivity index (χ4n) is 1.79. The predicted octanol–water partition coefficient (Wildman–Crippen LogP) is 3.05. The van der Waals surface area contributed by atoms with E-state index in [1.807, 2.05) is 0 Å². The molecule has 1 aromatic heterocycles. The molecule has 0 bridgehead atoms. The van der Waals surface area contributed by atoms with E-state index in [9.17, 15) is 13.2 Å². The lowest BCUT2D eigenvalue weighted by molar-refractivity contribution is -0.138. The maximum absolute atomic E-state index is 13.0. The van der Waals surface area contributed by atoms with Gasteiger partial charge in [-0.1, -0.05) is 17.7 Å². The average molecular weight is 290 g/mol. The van der Waals surface area contributed by atoms with Gasteiger partial charge in [0.05, 0.1) is 22.5 Å². The molecule has 0 radical (unpaired) electrons. The molecule has 3 nitrogen and oxygen atoms in total. The molecule has 0 saturated heterocycles. The van der Waals surface area contributed by atoms with Crippen LogP contribution in [0.25, 0.3) is 5.69 Å². The summed E-state index contributed by atoms with van der Waals surface area (Å²) in [4.78, 5) is 0. The molecule has 1 aromatic carbocycles. The van der Waals surface area contributed by atoms with Crippen molar-refractivity contribution in [2.75, 3.05) is 6.54 Å². The Morgan fingerprint density at radius 3 is 2.58 bits per heavy atom. The third-order valence-electron chi connectivity index (χ3n) is 2.63. The largest absolute Gasteiger partial charge is 0.416 e. The fraction of sp³-hybridized carbons (Fsp3) is 0.250. The van der Waals surface area contributed by atoms with Crippen molar-refractivity contribution in [2.45, 2.75) is 12.6 Å². The van der Waals surface area contributed by atoms with Crippen molar-refractivity contribution >= 4 is 11.6 Å². The molecular formula is C12H11ClF3N3. The van der Waals surface area contributed by atoms with E-state index in [1.54, 1.807) is 6.07 Å². The standard InChI is InChI=1S/C12H11ClF3N3/c13-9-6-18-19(7-9)10-2-1-8(3-4-17)11(5-10)12(14,15)16/h1-2,5-7H,3-4,17H2. The number of hydrogen-bond donors (Lipinski definition) is 1. The maximum atomic E-state index is 13.0. The van der Waals surface area contributed by atoms with E-state index in [4.69, 9.17) is 17.3 Å². The second-order valence-corrected chi connectivity index (χ2v) is 4.42. The molecule has 2 rings (SSSR count). The summed E-state index contributed by atoms with van der Waals surface area (Å²) in [5.41, 5.74) is 5.11. The van der Waals surface area contributed by atoms with Crippen LogP contribution in [0, 0.1) is 0 Å². The summed E-state index contributed by atoms with van der Waals surface area (Å²) >= 11 is 5.70. The second kappa shape index (κ2) is 5.22. The number of hydrogen-bond acceptors (Lipinski definition) is 2. The van der Waals surface area contributed by atoms with Crippen LogP contribution in [0.1, 0.15) is 11.1 Å². The third-order valence-corrected chi connectivity index (χ3v) is 2.82. The molecule has 102 valence electrons. The van der Waals surface area contributed by atoms with Crippen LogP contribution >= 0.6 is 11.6 Å². The van der Waals surface area contributed by atoms with E-state index < -0.39 is 11.7 Å². The molecule has 0 fully saturated rings. The SMILES string of the molecule is NCCc1ccc(-n2cc(Cl)cn2)cc1C(F)(F)F. The quantitative estimate of drug-likeness (QED) is 0.944. The molecule has 0 aliphatic carbocycles. The average Bonchev–Trinajstić information content (AvgIpc) is 2.75. The van der Waals surface area contributed by atoms with E-state index in [0.717, 1.165) is 6.07 Å². The Morgan fingerprint density at radius 2 is 2.05 bits per heavy atom. The van der Waals surface area contributed by atoms with Crippen molar-refractivity contribution in [1.82, 2.24) is 9.78 Å². The Morgan fingerprint density at radius 1 is 1.32 bits per heavy atom. The van der Waals surface area contributed by atoms with Gasteiger partial charge in [0.1, 0.15) is 0 Å². The first-order chi connectivity index (χ1) is 8.91. The van der Waals surface area contributed by atoms with Gasteiger partial charge >= 0.3 is 6.18 Å². The molecule has 0 aliphatic heterocycles. The highest BCUT2D eigenvalue weighted by Gasteiger charge is 2.33. The van der Waals surface area contributed by atoms with E-state index in [-0.39, 0.29) is 18.5 Å². The first kappa shape index (κ1) is 13.9. The summed E-state index contributed by atoms with van der Waals surface area (Å²) in [5, 5.41) is 4.24. The van der Waals surface area contributed by atoms with Gasteiger partial charge < -0.3 is 5.73 Å². The van der Waals surface area contributed by atoms with Crippen LogP contribution in [0.2, 0.25) is 5.02 Å². The van der Waals surface area contributed by atoms with E-state index in [2.05, 4.69) is 5.10 Å². The zero-order valence-electron chi connectivity index (χ0n) is 9.78. The lowest BCUT2D eigenvalue weighted by Gasteiger charge is -2.14. The summed E-state index contributed by atoms with van der Waals surface area (Å²) in [6.07, 6.45) is -1.44. The van der Waals surface area contributed by atoms with Crippen LogP contribution in [0.15, 0.2) is 30.6 Å². The molecule has 7 heteroatoms. The Kier molecular flexibility index (Phi) is 3.82. The zero-order chi connectivity index (χ0) is 14.0. The number of nitrogens with two attached hydrogens (primary N) is 1. The van der Waals surface area contributed by atoms with E-state index >= 15 is 0 Å². The van der Waals surface area contributed by atoms with Gasteiger partial charge in [-0.25, -0.2) is 4.68 Å². The van der Waals surface area contributed by atoms with Crippen molar-refractivity contribution in [3.63, 3.8) is 0 Å². The summed E-state index contributed by atoms with van der Waals surface area (Å²) < 4.78 is 40.2. The van der Waals surface area contributed by atoms with Gasteiger partial charge in [0.15, 0.2) is 0 Å². The lowest BCUT2D eigenvalue weighted by atomic mass is 10.0. The van der Waals surface area contributed by atoms with E-state index in [1.165, 1.54) is 23.1 Å². The molecule has 19 heavy (non-hydrogen) atoms. The summed E-state index contributed by atoms with van der Waals surface area (Å²) in [6.45, 7) is 0.163. The van der Waals surface area contributed by atoms with Crippen LogP contribution < -0.4 is 5.73 Å². The predicted molar refractivity (Wildman–Crippen MR) is 66.3 cm³/mol. The lowest BCUT2D eigenvalue weighted by Crippen LogP contribution is -2.13. The highest BCUT2D eigenvalue weighted by Crippen LogP contribution is 2.33. The molecule has 1 heterocycles. The van der Waals surface area contributed by atoms with Crippen LogP contribution in [-0.4, -0.2) is 16.3 Å². The number of nitrogens with zero attached hydrogens (tertiary/aromatic N) is 2. The minimum atomic E-state index is -4.42. The molecule has 2 aromatic rings. The van der Waals surface area contributed by atoms with Gasteiger partial charge in [-0.05, 0) is 30.7 Å². The van der Waals surface area contributed by atoms with Crippen LogP contribution in [0.3, 0.4) is 0 Å². The molecule has 0 unspecified atom stereocenters. The van der Waals surface area contributed by atoms with Crippen LogP contribution in [0.5, 0.6) is 0 Å². The highest BCUT2D eigenvalue weighted by atomic mass is 35.5. The fourth-order valence-corrected chi connectivity index (χ4v) is 1.92. The summed E-state index contributed by atoms with van der Waals surface area (Å²) in [5.74, 6) is 0. The Labute approximate surface area is 112 Å². The third kappa shape index (κ3) is 3.08. The number of alkyl halides is 3. The Hall–Kier alpha value is -1.53. The Bertz CT molecular complexity index is 578. The van der Waals surface area contributed by atoms with Crippen LogP contribution in [-0.2, 0) is 12.6 Å². The van der Waals surface area contributed by atoms with Gasteiger partial charge in [-0.3, -0.25) is 0 Å². The van der Waals surface area contributed by atoms with E-state index in [0.29, 0.717) is 10.7 Å². The molecule has 0 spiro atoms. The minimum Gasteiger partial charge on any atom is -0.330 e. The number of benzene rings is 1. The normalized spacial score (nSPS) is 11.8. The van der Waals surface area contributed by atoms with Crippen molar-refractivity contribution in [3.05, 3.63) is 46.7 Å². The van der Waals surface area contributed by atoms with Crippen molar-refractivity contribution in [2.24, 2.45) is 5.73 Å². The topological polar surface area (TPSA) is 43.8 Å². The van der Waals surface area contributed by atoms with Crippen LogP contribution in [0.4, 0.5) is 13.2 Å². The molecule has 0 saturated carbocycles. The number of aromatic nitrogens is 2. The zero-order valence-corrected chi connectivity index (χ0v) is 10.5. The Balaban J connectivity index is 2.49. The molecular weight excluding hydrogens is 279 g/mol. The molecule has 0 amide bonds. The summed E-state index contributed by atoms with van der Waals surface area (Å²) in [6, 6.07) is 4.03. The molecule has 0 atom stereocenters.